The summed E-state index contributed by atoms with van der Waals surface area (Å²) in [5, 5.41) is 13.8. The standard InChI is InChI=1S/C14H14N2O2/c17-16(18)14-8-6-13(7-9-14)11-15-10-12-4-2-1-3-5-12/h1-9,15H,10-11H2. The summed E-state index contributed by atoms with van der Waals surface area (Å²) in [5.74, 6) is 0. The van der Waals surface area contributed by atoms with Crippen LogP contribution < -0.4 is 5.32 Å². The van der Waals surface area contributed by atoms with Crippen molar-refractivity contribution in [3.05, 3.63) is 75.8 Å². The van der Waals surface area contributed by atoms with Gasteiger partial charge >= 0.3 is 0 Å². The lowest BCUT2D eigenvalue weighted by Crippen LogP contribution is -2.12. The fraction of sp³-hybridized carbons (Fsp3) is 0.143. The molecule has 0 bridgehead atoms. The van der Waals surface area contributed by atoms with Crippen LogP contribution in [0.25, 0.3) is 0 Å². The van der Waals surface area contributed by atoms with Crippen molar-refractivity contribution in [1.29, 1.82) is 0 Å². The maximum Gasteiger partial charge on any atom is 0.269 e. The van der Waals surface area contributed by atoms with E-state index in [-0.39, 0.29) is 10.6 Å². The molecule has 2 rings (SSSR count). The van der Waals surface area contributed by atoms with Crippen LogP contribution in [0.5, 0.6) is 0 Å². The summed E-state index contributed by atoms with van der Waals surface area (Å²) < 4.78 is 0. The molecule has 0 heterocycles. The van der Waals surface area contributed by atoms with E-state index in [4.69, 9.17) is 0 Å². The van der Waals surface area contributed by atoms with E-state index in [1.165, 1.54) is 17.7 Å². The quantitative estimate of drug-likeness (QED) is 0.648. The number of hydrogen-bond donors (Lipinski definition) is 1. The van der Waals surface area contributed by atoms with E-state index in [0.717, 1.165) is 12.1 Å². The minimum atomic E-state index is -0.388. The Labute approximate surface area is 105 Å². The molecular weight excluding hydrogens is 228 g/mol. The topological polar surface area (TPSA) is 55.2 Å². The summed E-state index contributed by atoms with van der Waals surface area (Å²) in [6, 6.07) is 16.7. The van der Waals surface area contributed by atoms with Gasteiger partial charge in [-0.1, -0.05) is 42.5 Å². The molecule has 0 aliphatic rings. The lowest BCUT2D eigenvalue weighted by Gasteiger charge is -2.04. The molecule has 2 aromatic carbocycles. The number of nitrogens with zero attached hydrogens (tertiary/aromatic N) is 1. The molecule has 4 heteroatoms. The second kappa shape index (κ2) is 5.93. The molecule has 0 spiro atoms. The number of nitrogens with one attached hydrogen (secondary N) is 1. The fourth-order valence-corrected chi connectivity index (χ4v) is 1.68. The van der Waals surface area contributed by atoms with Crippen LogP contribution in [0.3, 0.4) is 0 Å². The zero-order valence-corrected chi connectivity index (χ0v) is 9.87. The first-order chi connectivity index (χ1) is 8.75. The van der Waals surface area contributed by atoms with Crippen LogP contribution in [0.1, 0.15) is 11.1 Å². The molecule has 0 aliphatic carbocycles. The van der Waals surface area contributed by atoms with E-state index in [0.29, 0.717) is 6.54 Å². The maximum atomic E-state index is 10.5. The lowest BCUT2D eigenvalue weighted by atomic mass is 10.2. The van der Waals surface area contributed by atoms with Gasteiger partial charge in [0.1, 0.15) is 0 Å². The van der Waals surface area contributed by atoms with E-state index in [1.807, 2.05) is 18.2 Å². The number of nitro groups is 1. The summed E-state index contributed by atoms with van der Waals surface area (Å²) in [6.45, 7) is 1.49. The van der Waals surface area contributed by atoms with Crippen molar-refractivity contribution in [2.45, 2.75) is 13.1 Å². The second-order valence-corrected chi connectivity index (χ2v) is 4.01. The molecule has 0 atom stereocenters. The van der Waals surface area contributed by atoms with Gasteiger partial charge in [0.2, 0.25) is 0 Å². The summed E-state index contributed by atoms with van der Waals surface area (Å²) in [6.07, 6.45) is 0. The highest BCUT2D eigenvalue weighted by Gasteiger charge is 2.03. The van der Waals surface area contributed by atoms with E-state index >= 15 is 0 Å². The van der Waals surface area contributed by atoms with Gasteiger partial charge in [0.25, 0.3) is 5.69 Å². The van der Waals surface area contributed by atoms with Gasteiger partial charge in [-0.2, -0.15) is 0 Å². The highest BCUT2D eigenvalue weighted by molar-refractivity contribution is 5.32. The van der Waals surface area contributed by atoms with Gasteiger partial charge in [0.05, 0.1) is 4.92 Å². The minimum Gasteiger partial charge on any atom is -0.309 e. The third-order valence-corrected chi connectivity index (χ3v) is 2.65. The minimum absolute atomic E-state index is 0.127. The normalized spacial score (nSPS) is 10.2. The van der Waals surface area contributed by atoms with Crippen molar-refractivity contribution < 1.29 is 4.92 Å². The number of hydrogen-bond acceptors (Lipinski definition) is 3. The van der Waals surface area contributed by atoms with E-state index in [2.05, 4.69) is 17.4 Å². The Morgan fingerprint density at radius 1 is 0.889 bits per heavy atom. The molecule has 0 amide bonds. The van der Waals surface area contributed by atoms with Gasteiger partial charge in [0.15, 0.2) is 0 Å². The second-order valence-electron chi connectivity index (χ2n) is 4.01. The zero-order chi connectivity index (χ0) is 12.8. The molecule has 0 saturated heterocycles. The molecule has 0 saturated carbocycles. The molecule has 92 valence electrons. The predicted octanol–water partition coefficient (Wildman–Crippen LogP) is 2.88. The van der Waals surface area contributed by atoms with Crippen LogP contribution in [0.2, 0.25) is 0 Å². The first-order valence-corrected chi connectivity index (χ1v) is 5.74. The van der Waals surface area contributed by atoms with Gasteiger partial charge in [-0.15, -0.1) is 0 Å². The fourth-order valence-electron chi connectivity index (χ4n) is 1.68. The van der Waals surface area contributed by atoms with Crippen molar-refractivity contribution in [3.63, 3.8) is 0 Å². The highest BCUT2D eigenvalue weighted by atomic mass is 16.6. The predicted molar refractivity (Wildman–Crippen MR) is 70.1 cm³/mol. The molecule has 0 radical (unpaired) electrons. The van der Waals surface area contributed by atoms with Crippen LogP contribution in [0, 0.1) is 10.1 Å². The average Bonchev–Trinajstić information content (AvgIpc) is 2.40. The SMILES string of the molecule is O=[N+]([O-])c1ccc(CNCc2ccccc2)cc1. The summed E-state index contributed by atoms with van der Waals surface area (Å²) in [5.41, 5.74) is 2.39. The third-order valence-electron chi connectivity index (χ3n) is 2.65. The van der Waals surface area contributed by atoms with Gasteiger partial charge in [-0.25, -0.2) is 0 Å². The monoisotopic (exact) mass is 242 g/mol. The van der Waals surface area contributed by atoms with Crippen molar-refractivity contribution in [2.24, 2.45) is 0 Å². The highest BCUT2D eigenvalue weighted by Crippen LogP contribution is 2.11. The zero-order valence-electron chi connectivity index (χ0n) is 9.87. The molecule has 4 nitrogen and oxygen atoms in total. The van der Waals surface area contributed by atoms with Crippen molar-refractivity contribution in [1.82, 2.24) is 5.32 Å². The number of non-ortho nitro benzene ring substituents is 1. The first kappa shape index (κ1) is 12.3. The van der Waals surface area contributed by atoms with Crippen molar-refractivity contribution >= 4 is 5.69 Å². The van der Waals surface area contributed by atoms with Crippen molar-refractivity contribution in [2.75, 3.05) is 0 Å². The van der Waals surface area contributed by atoms with Crippen LogP contribution in [0.15, 0.2) is 54.6 Å². The Balaban J connectivity index is 1.85. The van der Waals surface area contributed by atoms with Crippen molar-refractivity contribution in [3.8, 4) is 0 Å². The smallest absolute Gasteiger partial charge is 0.269 e. The lowest BCUT2D eigenvalue weighted by molar-refractivity contribution is -0.384. The Morgan fingerprint density at radius 3 is 2.00 bits per heavy atom. The van der Waals surface area contributed by atoms with Crippen LogP contribution >= 0.6 is 0 Å². The number of nitro benzene ring substituents is 1. The molecule has 0 fully saturated rings. The van der Waals surface area contributed by atoms with Gasteiger partial charge in [0, 0.05) is 25.2 Å². The molecule has 0 aliphatic heterocycles. The molecule has 0 aromatic heterocycles. The van der Waals surface area contributed by atoms with Gasteiger partial charge in [-0.05, 0) is 11.1 Å². The summed E-state index contributed by atoms with van der Waals surface area (Å²) in [7, 11) is 0. The molecule has 2 aromatic rings. The van der Waals surface area contributed by atoms with Gasteiger partial charge in [-0.3, -0.25) is 10.1 Å². The molecule has 0 unspecified atom stereocenters. The first-order valence-electron chi connectivity index (χ1n) is 5.74. The summed E-state index contributed by atoms with van der Waals surface area (Å²) in [4.78, 5) is 10.1. The maximum absolute atomic E-state index is 10.5. The number of rotatable bonds is 5. The number of benzene rings is 2. The van der Waals surface area contributed by atoms with E-state index in [9.17, 15) is 10.1 Å². The molecular formula is C14H14N2O2. The van der Waals surface area contributed by atoms with Gasteiger partial charge < -0.3 is 5.32 Å². The van der Waals surface area contributed by atoms with E-state index < -0.39 is 0 Å². The Bertz CT molecular complexity index is 509. The molecule has 1 N–H and O–H groups in total. The Morgan fingerprint density at radius 2 is 1.44 bits per heavy atom. The average molecular weight is 242 g/mol. The molecule has 18 heavy (non-hydrogen) atoms. The Hall–Kier alpha value is -2.20. The summed E-state index contributed by atoms with van der Waals surface area (Å²) >= 11 is 0. The largest absolute Gasteiger partial charge is 0.309 e. The van der Waals surface area contributed by atoms with Crippen LogP contribution in [-0.2, 0) is 13.1 Å². The van der Waals surface area contributed by atoms with E-state index in [1.54, 1.807) is 12.1 Å². The Kier molecular flexibility index (Phi) is 4.04. The third kappa shape index (κ3) is 3.40. The van der Waals surface area contributed by atoms with Crippen LogP contribution in [0.4, 0.5) is 5.69 Å². The van der Waals surface area contributed by atoms with Crippen LogP contribution in [-0.4, -0.2) is 4.92 Å².